The molecule has 1 aliphatic heterocycles. The zero-order valence-electron chi connectivity index (χ0n) is 15.2. The largest absolute Gasteiger partial charge is 0.309 e. The van der Waals surface area contributed by atoms with E-state index in [4.69, 9.17) is 0 Å². The molecule has 3 aromatic rings. The van der Waals surface area contributed by atoms with Gasteiger partial charge >= 0.3 is 0 Å². The van der Waals surface area contributed by atoms with Crippen LogP contribution >= 0.6 is 11.3 Å². The Morgan fingerprint density at radius 1 is 1.11 bits per heavy atom. The summed E-state index contributed by atoms with van der Waals surface area (Å²) in [5, 5.41) is 4.50. The van der Waals surface area contributed by atoms with E-state index in [1.807, 2.05) is 37.3 Å². The molecule has 3 heterocycles. The molecule has 0 radical (unpaired) electrons. The molecule has 0 fully saturated rings. The summed E-state index contributed by atoms with van der Waals surface area (Å²) in [6.45, 7) is 2.00. The number of amides is 1. The molecule has 0 unspecified atom stereocenters. The van der Waals surface area contributed by atoms with Crippen molar-refractivity contribution in [2.24, 2.45) is 0 Å². The van der Waals surface area contributed by atoms with Gasteiger partial charge in [0.15, 0.2) is 0 Å². The lowest BCUT2D eigenvalue weighted by molar-refractivity contribution is -0.120. The number of fused-ring (bicyclic) bond motifs is 1. The number of thiophene rings is 1. The van der Waals surface area contributed by atoms with Gasteiger partial charge in [-0.05, 0) is 48.1 Å². The first-order valence-electron chi connectivity index (χ1n) is 8.82. The van der Waals surface area contributed by atoms with Gasteiger partial charge in [-0.3, -0.25) is 4.79 Å². The molecule has 1 atom stereocenters. The van der Waals surface area contributed by atoms with Crippen molar-refractivity contribution < 1.29 is 13.2 Å². The average molecular weight is 414 g/mol. The predicted octanol–water partition coefficient (Wildman–Crippen LogP) is 3.21. The number of aryl methyl sites for hydroxylation is 1. The first-order valence-corrected chi connectivity index (χ1v) is 11.1. The van der Waals surface area contributed by atoms with Crippen LogP contribution in [0.3, 0.4) is 0 Å². The molecule has 4 rings (SSSR count). The van der Waals surface area contributed by atoms with Crippen LogP contribution in [0.1, 0.15) is 16.8 Å². The molecule has 1 aromatic carbocycles. The lowest BCUT2D eigenvalue weighted by Crippen LogP contribution is -2.50. The van der Waals surface area contributed by atoms with Crippen LogP contribution in [-0.2, 0) is 27.8 Å². The van der Waals surface area contributed by atoms with Crippen molar-refractivity contribution >= 4 is 33.1 Å². The number of nitrogens with one attached hydrogen (secondary N) is 1. The molecule has 1 N–H and O–H groups in total. The smallest absolute Gasteiger partial charge is 0.253 e. The summed E-state index contributed by atoms with van der Waals surface area (Å²) in [5.41, 5.74) is 2.67. The number of carbonyl (C=O) groups is 1. The third-order valence-corrected chi connectivity index (χ3v) is 7.93. The van der Waals surface area contributed by atoms with Gasteiger partial charge in [-0.15, -0.1) is 11.3 Å². The zero-order chi connectivity index (χ0) is 19.7. The third-order valence-electron chi connectivity index (χ3n) is 4.71. The summed E-state index contributed by atoms with van der Waals surface area (Å²) < 4.78 is 28.0. The second-order valence-corrected chi connectivity index (χ2v) is 9.69. The second kappa shape index (κ2) is 7.46. The fourth-order valence-electron chi connectivity index (χ4n) is 3.32. The van der Waals surface area contributed by atoms with Gasteiger partial charge in [0.05, 0.1) is 0 Å². The van der Waals surface area contributed by atoms with Crippen LogP contribution in [0.15, 0.2) is 64.2 Å². The predicted molar refractivity (Wildman–Crippen MR) is 109 cm³/mol. The lowest BCUT2D eigenvalue weighted by Gasteiger charge is -2.34. The van der Waals surface area contributed by atoms with Crippen LogP contribution in [0, 0.1) is 6.92 Å². The molecule has 0 aliphatic carbocycles. The average Bonchev–Trinajstić information content (AvgIpc) is 3.22. The molecular formula is C20H19N3O3S2. The maximum Gasteiger partial charge on any atom is 0.253 e. The fourth-order valence-corrected chi connectivity index (χ4v) is 6.01. The van der Waals surface area contributed by atoms with Gasteiger partial charge in [-0.25, -0.2) is 13.4 Å². The molecule has 0 bridgehead atoms. The number of hydrogen-bond donors (Lipinski definition) is 1. The number of pyridine rings is 1. The number of sulfonamides is 1. The van der Waals surface area contributed by atoms with E-state index in [-0.39, 0.29) is 16.7 Å². The molecule has 8 heteroatoms. The molecule has 2 aromatic heterocycles. The first kappa shape index (κ1) is 18.8. The fraction of sp³-hybridized carbons (Fsp3) is 0.200. The van der Waals surface area contributed by atoms with Gasteiger partial charge < -0.3 is 5.32 Å². The highest BCUT2D eigenvalue weighted by Gasteiger charge is 2.40. The van der Waals surface area contributed by atoms with Gasteiger partial charge in [0.1, 0.15) is 16.1 Å². The Bertz CT molecular complexity index is 1110. The number of aromatic nitrogens is 1. The number of benzene rings is 1. The lowest BCUT2D eigenvalue weighted by atomic mass is 9.95. The maximum absolute atomic E-state index is 13.2. The molecule has 1 aliphatic rings. The van der Waals surface area contributed by atoms with Crippen molar-refractivity contribution in [2.45, 2.75) is 30.1 Å². The molecule has 0 saturated carbocycles. The zero-order valence-corrected chi connectivity index (χ0v) is 16.8. The molecule has 28 heavy (non-hydrogen) atoms. The standard InChI is InChI=1S/C20H19N3O3S2/c1-14-6-4-9-18(21-14)22-20(24)17-12-15-7-2-3-8-16(15)13-23(17)28(25,26)19-10-5-11-27-19/h2-11,17H,12-13H2,1H3,(H,21,22,24)/t17-/m0/s1. The Morgan fingerprint density at radius 3 is 2.61 bits per heavy atom. The summed E-state index contributed by atoms with van der Waals surface area (Å²) in [6, 6.07) is 15.4. The van der Waals surface area contributed by atoms with E-state index in [1.165, 1.54) is 4.31 Å². The van der Waals surface area contributed by atoms with Crippen molar-refractivity contribution in [2.75, 3.05) is 5.32 Å². The number of carbonyl (C=O) groups excluding carboxylic acids is 1. The van der Waals surface area contributed by atoms with Crippen molar-refractivity contribution in [3.05, 3.63) is 76.8 Å². The van der Waals surface area contributed by atoms with E-state index < -0.39 is 16.1 Å². The van der Waals surface area contributed by atoms with E-state index in [0.29, 0.717) is 12.2 Å². The Kier molecular flexibility index (Phi) is 5.01. The maximum atomic E-state index is 13.2. The molecule has 1 amide bonds. The van der Waals surface area contributed by atoms with E-state index >= 15 is 0 Å². The minimum atomic E-state index is -3.79. The van der Waals surface area contributed by atoms with E-state index in [2.05, 4.69) is 10.3 Å². The molecule has 6 nitrogen and oxygen atoms in total. The monoisotopic (exact) mass is 413 g/mol. The normalized spacial score (nSPS) is 17.1. The van der Waals surface area contributed by atoms with Crippen molar-refractivity contribution in [1.82, 2.24) is 9.29 Å². The Labute approximate surface area is 167 Å². The summed E-state index contributed by atoms with van der Waals surface area (Å²) in [4.78, 5) is 17.4. The summed E-state index contributed by atoms with van der Waals surface area (Å²) in [5.74, 6) is 0.0325. The van der Waals surface area contributed by atoms with Crippen LogP contribution in [0.4, 0.5) is 5.82 Å². The highest BCUT2D eigenvalue weighted by atomic mass is 32.2. The van der Waals surface area contributed by atoms with Crippen LogP contribution < -0.4 is 5.32 Å². The molecule has 0 saturated heterocycles. The van der Waals surface area contributed by atoms with Crippen LogP contribution in [0.25, 0.3) is 0 Å². The van der Waals surface area contributed by atoms with Crippen molar-refractivity contribution in [3.8, 4) is 0 Å². The number of nitrogens with zero attached hydrogens (tertiary/aromatic N) is 2. The molecular weight excluding hydrogens is 394 g/mol. The number of hydrogen-bond acceptors (Lipinski definition) is 5. The number of anilines is 1. The third kappa shape index (κ3) is 3.58. The number of rotatable bonds is 4. The van der Waals surface area contributed by atoms with Gasteiger partial charge in [-0.1, -0.05) is 36.4 Å². The first-order chi connectivity index (χ1) is 13.4. The van der Waals surface area contributed by atoms with E-state index in [1.54, 1.807) is 29.6 Å². The van der Waals surface area contributed by atoms with Crippen LogP contribution in [-0.4, -0.2) is 29.7 Å². The van der Waals surface area contributed by atoms with Gasteiger partial charge in [0.25, 0.3) is 10.0 Å². The second-order valence-electron chi connectivity index (χ2n) is 6.62. The van der Waals surface area contributed by atoms with E-state index in [0.717, 1.165) is 28.2 Å². The molecule has 144 valence electrons. The highest BCUT2D eigenvalue weighted by molar-refractivity contribution is 7.91. The quantitative estimate of drug-likeness (QED) is 0.712. The van der Waals surface area contributed by atoms with Gasteiger partial charge in [0.2, 0.25) is 5.91 Å². The minimum absolute atomic E-state index is 0.162. The molecule has 0 spiro atoms. The highest BCUT2D eigenvalue weighted by Crippen LogP contribution is 2.31. The SMILES string of the molecule is Cc1cccc(NC(=O)[C@@H]2Cc3ccccc3CN2S(=O)(=O)c2cccs2)n1. The van der Waals surface area contributed by atoms with Gasteiger partial charge in [-0.2, -0.15) is 4.31 Å². The summed E-state index contributed by atoms with van der Waals surface area (Å²) in [7, 11) is -3.79. The Hall–Kier alpha value is -2.55. The van der Waals surface area contributed by atoms with Crippen LogP contribution in [0.5, 0.6) is 0 Å². The van der Waals surface area contributed by atoms with E-state index in [9.17, 15) is 13.2 Å². The Balaban J connectivity index is 1.70. The van der Waals surface area contributed by atoms with Crippen molar-refractivity contribution in [3.63, 3.8) is 0 Å². The summed E-state index contributed by atoms with van der Waals surface area (Å²) >= 11 is 1.15. The van der Waals surface area contributed by atoms with Gasteiger partial charge in [0, 0.05) is 12.2 Å². The van der Waals surface area contributed by atoms with Crippen LogP contribution in [0.2, 0.25) is 0 Å². The summed E-state index contributed by atoms with van der Waals surface area (Å²) in [6.07, 6.45) is 0.318. The Morgan fingerprint density at radius 2 is 1.89 bits per heavy atom. The van der Waals surface area contributed by atoms with Crippen molar-refractivity contribution in [1.29, 1.82) is 0 Å². The topological polar surface area (TPSA) is 79.4 Å². The minimum Gasteiger partial charge on any atom is -0.309 e.